The van der Waals surface area contributed by atoms with Crippen LogP contribution >= 0.6 is 0 Å². The fraction of sp³-hybridized carbons (Fsp3) is 0.368. The van der Waals surface area contributed by atoms with Crippen LogP contribution in [0.1, 0.15) is 10.4 Å². The maximum Gasteiger partial charge on any atom is 0.412 e. The standard InChI is InChI=1S/C19H20N4O6/c1-26-13-4-2-12(3-5-13)22-19(25)29-15-9-28-16-14(8-27-17(15)16)23-18(24)11-6-20-10-21-7-11/h2-7,10,14-17H,8-9H2,1H3,(H,22,25)(H,23,24)/t14-,15+,16+,17+/m0/s1. The van der Waals surface area contributed by atoms with E-state index in [1.807, 2.05) is 0 Å². The van der Waals surface area contributed by atoms with E-state index < -0.39 is 24.4 Å². The Morgan fingerprint density at radius 1 is 1.07 bits per heavy atom. The van der Waals surface area contributed by atoms with E-state index in [4.69, 9.17) is 18.9 Å². The zero-order chi connectivity index (χ0) is 20.2. The molecule has 10 heteroatoms. The monoisotopic (exact) mass is 400 g/mol. The molecule has 1 aromatic carbocycles. The highest BCUT2D eigenvalue weighted by atomic mass is 16.6. The van der Waals surface area contributed by atoms with Crippen LogP contribution in [-0.4, -0.2) is 66.6 Å². The number of aromatic nitrogens is 2. The number of carbonyl (C=O) groups excluding carboxylic acids is 2. The number of anilines is 1. The Morgan fingerprint density at radius 2 is 1.79 bits per heavy atom. The van der Waals surface area contributed by atoms with Crippen molar-refractivity contribution in [2.45, 2.75) is 24.4 Å². The normalized spacial score (nSPS) is 25.1. The highest BCUT2D eigenvalue weighted by Crippen LogP contribution is 2.29. The van der Waals surface area contributed by atoms with Crippen LogP contribution < -0.4 is 15.4 Å². The first kappa shape index (κ1) is 19.1. The van der Waals surface area contributed by atoms with Gasteiger partial charge in [-0.25, -0.2) is 14.8 Å². The lowest BCUT2D eigenvalue weighted by Gasteiger charge is -2.18. The molecule has 4 rings (SSSR count). The smallest absolute Gasteiger partial charge is 0.412 e. The quantitative estimate of drug-likeness (QED) is 0.763. The van der Waals surface area contributed by atoms with E-state index in [2.05, 4.69) is 20.6 Å². The van der Waals surface area contributed by atoms with Crippen molar-refractivity contribution in [3.05, 3.63) is 48.5 Å². The predicted octanol–water partition coefficient (Wildman–Crippen LogP) is 0.998. The Bertz CT molecular complexity index is 863. The minimum absolute atomic E-state index is 0.187. The molecule has 0 spiro atoms. The number of hydrogen-bond acceptors (Lipinski definition) is 8. The summed E-state index contributed by atoms with van der Waals surface area (Å²) in [5.74, 6) is 0.371. The van der Waals surface area contributed by atoms with Crippen molar-refractivity contribution in [1.82, 2.24) is 15.3 Å². The summed E-state index contributed by atoms with van der Waals surface area (Å²) in [6.07, 6.45) is 2.18. The van der Waals surface area contributed by atoms with Gasteiger partial charge in [0.2, 0.25) is 0 Å². The zero-order valence-electron chi connectivity index (χ0n) is 15.6. The van der Waals surface area contributed by atoms with E-state index in [0.717, 1.165) is 0 Å². The van der Waals surface area contributed by atoms with Crippen LogP contribution in [0, 0.1) is 0 Å². The average molecular weight is 400 g/mol. The van der Waals surface area contributed by atoms with Crippen molar-refractivity contribution in [3.63, 3.8) is 0 Å². The molecule has 0 unspecified atom stereocenters. The van der Waals surface area contributed by atoms with Crippen LogP contribution in [0.4, 0.5) is 10.5 Å². The maximum atomic E-state index is 12.3. The Hall–Kier alpha value is -3.24. The predicted molar refractivity (Wildman–Crippen MR) is 99.7 cm³/mol. The zero-order valence-corrected chi connectivity index (χ0v) is 15.6. The molecule has 2 aliphatic rings. The van der Waals surface area contributed by atoms with Gasteiger partial charge in [0.15, 0.2) is 6.10 Å². The third-order valence-corrected chi connectivity index (χ3v) is 4.74. The van der Waals surface area contributed by atoms with E-state index >= 15 is 0 Å². The minimum atomic E-state index is -0.609. The van der Waals surface area contributed by atoms with E-state index in [-0.39, 0.29) is 25.2 Å². The number of nitrogens with zero attached hydrogens (tertiary/aromatic N) is 2. The van der Waals surface area contributed by atoms with E-state index in [1.165, 1.54) is 18.7 Å². The molecule has 1 aromatic heterocycles. The average Bonchev–Trinajstić information content (AvgIpc) is 3.32. The second-order valence-electron chi connectivity index (χ2n) is 6.60. The van der Waals surface area contributed by atoms with Crippen LogP contribution in [0.25, 0.3) is 0 Å². The molecule has 0 bridgehead atoms. The van der Waals surface area contributed by atoms with E-state index in [1.54, 1.807) is 31.4 Å². The SMILES string of the molecule is COc1ccc(NC(=O)O[C@@H]2CO[C@H]3[C@@H]2OC[C@@H]3NC(=O)c2cncnc2)cc1. The van der Waals surface area contributed by atoms with Crippen LogP contribution in [0.2, 0.25) is 0 Å². The molecule has 3 heterocycles. The van der Waals surface area contributed by atoms with Crippen molar-refractivity contribution in [2.24, 2.45) is 0 Å². The topological polar surface area (TPSA) is 121 Å². The molecule has 10 nitrogen and oxygen atoms in total. The summed E-state index contributed by atoms with van der Waals surface area (Å²) < 4.78 is 22.0. The molecule has 4 atom stereocenters. The Balaban J connectivity index is 1.30. The first-order valence-electron chi connectivity index (χ1n) is 9.05. The number of nitrogens with one attached hydrogen (secondary N) is 2. The summed E-state index contributed by atoms with van der Waals surface area (Å²) in [7, 11) is 1.57. The van der Waals surface area contributed by atoms with Gasteiger partial charge in [0.05, 0.1) is 31.9 Å². The number of fused-ring (bicyclic) bond motifs is 1. The number of hydrogen-bond donors (Lipinski definition) is 2. The Morgan fingerprint density at radius 3 is 2.52 bits per heavy atom. The molecule has 2 N–H and O–H groups in total. The van der Waals surface area contributed by atoms with E-state index in [9.17, 15) is 9.59 Å². The maximum absolute atomic E-state index is 12.3. The Labute approximate surface area is 166 Å². The minimum Gasteiger partial charge on any atom is -0.497 e. The number of benzene rings is 1. The summed E-state index contributed by atoms with van der Waals surface area (Å²) >= 11 is 0. The molecule has 0 aliphatic carbocycles. The van der Waals surface area contributed by atoms with Gasteiger partial charge in [0.1, 0.15) is 24.3 Å². The molecule has 0 radical (unpaired) electrons. The molecule has 2 amide bonds. The molecular formula is C19H20N4O6. The van der Waals surface area contributed by atoms with Gasteiger partial charge in [-0.15, -0.1) is 0 Å². The molecule has 2 saturated heterocycles. The molecule has 0 saturated carbocycles. The number of methoxy groups -OCH3 is 1. The van der Waals surface area contributed by atoms with Crippen LogP contribution in [-0.2, 0) is 14.2 Å². The first-order chi connectivity index (χ1) is 14.1. The number of ether oxygens (including phenoxy) is 4. The molecule has 152 valence electrons. The van der Waals surface area contributed by atoms with Crippen LogP contribution in [0.3, 0.4) is 0 Å². The number of amides is 2. The third kappa shape index (κ3) is 4.28. The van der Waals surface area contributed by atoms with Crippen molar-refractivity contribution in [2.75, 3.05) is 25.6 Å². The van der Waals surface area contributed by atoms with Gasteiger partial charge >= 0.3 is 6.09 Å². The molecule has 2 aromatic rings. The van der Waals surface area contributed by atoms with Crippen LogP contribution in [0.15, 0.2) is 43.0 Å². The van der Waals surface area contributed by atoms with Gasteiger partial charge in [0, 0.05) is 18.1 Å². The van der Waals surface area contributed by atoms with Gasteiger partial charge in [-0.3, -0.25) is 10.1 Å². The van der Waals surface area contributed by atoms with Crippen molar-refractivity contribution in [3.8, 4) is 5.75 Å². The van der Waals surface area contributed by atoms with Gasteiger partial charge in [0.25, 0.3) is 5.91 Å². The molecule has 29 heavy (non-hydrogen) atoms. The van der Waals surface area contributed by atoms with Gasteiger partial charge in [-0.05, 0) is 24.3 Å². The third-order valence-electron chi connectivity index (χ3n) is 4.74. The van der Waals surface area contributed by atoms with Gasteiger partial charge in [-0.1, -0.05) is 0 Å². The molecule has 2 fully saturated rings. The second kappa shape index (κ2) is 8.41. The summed E-state index contributed by atoms with van der Waals surface area (Å²) in [5.41, 5.74) is 0.925. The van der Waals surface area contributed by atoms with Gasteiger partial charge in [-0.2, -0.15) is 0 Å². The lowest BCUT2D eigenvalue weighted by Crippen LogP contribution is -2.44. The fourth-order valence-corrected chi connectivity index (χ4v) is 3.32. The lowest BCUT2D eigenvalue weighted by molar-refractivity contribution is 0.00861. The number of carbonyl (C=O) groups is 2. The summed E-state index contributed by atoms with van der Waals surface area (Å²) in [6, 6.07) is 6.52. The van der Waals surface area contributed by atoms with Crippen molar-refractivity contribution in [1.29, 1.82) is 0 Å². The van der Waals surface area contributed by atoms with Crippen molar-refractivity contribution < 1.29 is 28.5 Å². The second-order valence-corrected chi connectivity index (χ2v) is 6.60. The van der Waals surface area contributed by atoms with Crippen molar-refractivity contribution >= 4 is 17.7 Å². The highest BCUT2D eigenvalue weighted by molar-refractivity contribution is 5.93. The fourth-order valence-electron chi connectivity index (χ4n) is 3.32. The number of rotatable bonds is 5. The summed E-state index contributed by atoms with van der Waals surface area (Å²) in [5, 5.41) is 5.51. The van der Waals surface area contributed by atoms with E-state index in [0.29, 0.717) is 17.0 Å². The lowest BCUT2D eigenvalue weighted by atomic mass is 10.1. The first-order valence-corrected chi connectivity index (χ1v) is 9.05. The largest absolute Gasteiger partial charge is 0.497 e. The van der Waals surface area contributed by atoms with Crippen LogP contribution in [0.5, 0.6) is 5.75 Å². The summed E-state index contributed by atoms with van der Waals surface area (Å²) in [6.45, 7) is 0.445. The highest BCUT2D eigenvalue weighted by Gasteiger charge is 2.50. The Kier molecular flexibility index (Phi) is 5.54. The summed E-state index contributed by atoms with van der Waals surface area (Å²) in [4.78, 5) is 32.1. The van der Waals surface area contributed by atoms with Gasteiger partial charge < -0.3 is 24.3 Å². The molecular weight excluding hydrogens is 380 g/mol. The molecule has 2 aliphatic heterocycles.